The molecule has 1 aromatic carbocycles. The maximum Gasteiger partial charge on any atom is 0.256 e. The number of benzene rings is 1. The monoisotopic (exact) mass is 290 g/mol. The van der Waals surface area contributed by atoms with Crippen LogP contribution in [0, 0.1) is 17.7 Å². The molecular formula is C16H19FN2O2. The zero-order valence-corrected chi connectivity index (χ0v) is 12.1. The molecule has 1 amide bonds. The van der Waals surface area contributed by atoms with Crippen molar-refractivity contribution in [1.29, 1.82) is 0 Å². The van der Waals surface area contributed by atoms with E-state index in [-0.39, 0.29) is 18.1 Å². The Kier molecular flexibility index (Phi) is 5.32. The van der Waals surface area contributed by atoms with Gasteiger partial charge in [-0.2, -0.15) is 0 Å². The van der Waals surface area contributed by atoms with E-state index >= 15 is 0 Å². The summed E-state index contributed by atoms with van der Waals surface area (Å²) in [5.74, 6) is 4.67. The normalized spacial score (nSPS) is 15.5. The van der Waals surface area contributed by atoms with Gasteiger partial charge in [0.25, 0.3) is 5.91 Å². The van der Waals surface area contributed by atoms with E-state index in [4.69, 9.17) is 5.11 Å². The number of carbonyl (C=O) groups is 1. The molecule has 0 bridgehead atoms. The third-order valence-electron chi connectivity index (χ3n) is 3.46. The molecule has 0 saturated carbocycles. The first-order valence-electron chi connectivity index (χ1n) is 6.99. The standard InChI is InChI=1S/C16H19FN2O2/c1-18-7-9-19(10-8-18)16(21)14-6-5-13(12-15(14)17)4-2-3-11-20/h5-6,12,20H,3,7-11H2,1H3. The minimum absolute atomic E-state index is 0.0184. The van der Waals surface area contributed by atoms with Crippen molar-refractivity contribution in [2.45, 2.75) is 6.42 Å². The van der Waals surface area contributed by atoms with Crippen molar-refractivity contribution >= 4 is 5.91 Å². The largest absolute Gasteiger partial charge is 0.395 e. The molecule has 112 valence electrons. The Morgan fingerprint density at radius 1 is 1.33 bits per heavy atom. The third-order valence-corrected chi connectivity index (χ3v) is 3.46. The number of carbonyl (C=O) groups excluding carboxylic acids is 1. The number of hydrogen-bond donors (Lipinski definition) is 1. The maximum atomic E-state index is 14.1. The van der Waals surface area contributed by atoms with Crippen LogP contribution in [-0.2, 0) is 0 Å². The molecule has 0 radical (unpaired) electrons. The van der Waals surface area contributed by atoms with E-state index in [1.54, 1.807) is 11.0 Å². The summed E-state index contributed by atoms with van der Waals surface area (Å²) in [6.07, 6.45) is 0.351. The Bertz CT molecular complexity index is 569. The number of piperazine rings is 1. The molecule has 0 atom stereocenters. The van der Waals surface area contributed by atoms with Crippen LogP contribution in [0.5, 0.6) is 0 Å². The van der Waals surface area contributed by atoms with Crippen LogP contribution in [-0.4, -0.2) is 60.6 Å². The quantitative estimate of drug-likeness (QED) is 0.825. The first kappa shape index (κ1) is 15.5. The lowest BCUT2D eigenvalue weighted by Crippen LogP contribution is -2.47. The van der Waals surface area contributed by atoms with Gasteiger partial charge in [0.1, 0.15) is 5.82 Å². The van der Waals surface area contributed by atoms with Gasteiger partial charge in [0.2, 0.25) is 0 Å². The van der Waals surface area contributed by atoms with Gasteiger partial charge in [0.05, 0.1) is 12.2 Å². The van der Waals surface area contributed by atoms with Crippen molar-refractivity contribution in [3.63, 3.8) is 0 Å². The average molecular weight is 290 g/mol. The van der Waals surface area contributed by atoms with Crippen LogP contribution < -0.4 is 0 Å². The summed E-state index contributed by atoms with van der Waals surface area (Å²) in [6.45, 7) is 2.82. The van der Waals surface area contributed by atoms with Gasteiger partial charge in [-0.1, -0.05) is 11.8 Å². The lowest BCUT2D eigenvalue weighted by Gasteiger charge is -2.32. The molecule has 1 fully saturated rings. The Balaban J connectivity index is 2.10. The highest BCUT2D eigenvalue weighted by Gasteiger charge is 2.22. The summed E-state index contributed by atoms with van der Waals surface area (Å²) >= 11 is 0. The number of aliphatic hydroxyl groups excluding tert-OH is 1. The lowest BCUT2D eigenvalue weighted by molar-refractivity contribution is 0.0659. The molecule has 0 unspecified atom stereocenters. The zero-order chi connectivity index (χ0) is 15.2. The zero-order valence-electron chi connectivity index (χ0n) is 12.1. The minimum atomic E-state index is -0.547. The molecule has 1 aliphatic heterocycles. The fraction of sp³-hybridized carbons (Fsp3) is 0.438. The average Bonchev–Trinajstić information content (AvgIpc) is 2.48. The molecule has 0 aromatic heterocycles. The van der Waals surface area contributed by atoms with Crippen LogP contribution in [0.15, 0.2) is 18.2 Å². The number of rotatable bonds is 2. The summed E-state index contributed by atoms with van der Waals surface area (Å²) in [5, 5.41) is 8.65. The fourth-order valence-electron chi connectivity index (χ4n) is 2.17. The molecule has 5 heteroatoms. The van der Waals surface area contributed by atoms with E-state index in [0.29, 0.717) is 25.1 Å². The van der Waals surface area contributed by atoms with E-state index in [1.807, 2.05) is 7.05 Å². The second-order valence-corrected chi connectivity index (χ2v) is 5.07. The van der Waals surface area contributed by atoms with Crippen molar-refractivity contribution in [2.75, 3.05) is 39.8 Å². The fourth-order valence-corrected chi connectivity index (χ4v) is 2.17. The molecular weight excluding hydrogens is 271 g/mol. The van der Waals surface area contributed by atoms with E-state index in [9.17, 15) is 9.18 Å². The molecule has 1 aliphatic rings. The number of likely N-dealkylation sites (N-methyl/N-ethyl adjacent to an activating group) is 1. The van der Waals surface area contributed by atoms with Crippen molar-refractivity contribution in [3.05, 3.63) is 35.1 Å². The van der Waals surface area contributed by atoms with Gasteiger partial charge in [-0.15, -0.1) is 0 Å². The first-order chi connectivity index (χ1) is 10.1. The van der Waals surface area contributed by atoms with Crippen LogP contribution in [0.2, 0.25) is 0 Å². The minimum Gasteiger partial charge on any atom is -0.395 e. The molecule has 2 rings (SSSR count). The van der Waals surface area contributed by atoms with Gasteiger partial charge >= 0.3 is 0 Å². The van der Waals surface area contributed by atoms with Gasteiger partial charge in [-0.05, 0) is 25.2 Å². The number of amides is 1. The second-order valence-electron chi connectivity index (χ2n) is 5.07. The van der Waals surface area contributed by atoms with Crippen LogP contribution in [0.25, 0.3) is 0 Å². The predicted octanol–water partition coefficient (Wildman–Crippen LogP) is 0.947. The smallest absolute Gasteiger partial charge is 0.256 e. The summed E-state index contributed by atoms with van der Waals surface area (Å²) in [6, 6.07) is 4.39. The van der Waals surface area contributed by atoms with E-state index in [1.165, 1.54) is 12.1 Å². The van der Waals surface area contributed by atoms with Gasteiger partial charge in [0, 0.05) is 38.2 Å². The first-order valence-corrected chi connectivity index (χ1v) is 6.99. The number of aliphatic hydroxyl groups is 1. The summed E-state index contributed by atoms with van der Waals surface area (Å²) < 4.78 is 14.1. The van der Waals surface area contributed by atoms with Crippen LogP contribution in [0.3, 0.4) is 0 Å². The molecule has 1 heterocycles. The van der Waals surface area contributed by atoms with Crippen molar-refractivity contribution in [1.82, 2.24) is 9.80 Å². The summed E-state index contributed by atoms with van der Waals surface area (Å²) in [4.78, 5) is 16.1. The SMILES string of the molecule is CN1CCN(C(=O)c2ccc(C#CCCO)cc2F)CC1. The Hall–Kier alpha value is -1.90. The van der Waals surface area contributed by atoms with Crippen molar-refractivity contribution in [2.24, 2.45) is 0 Å². The third kappa shape index (κ3) is 4.03. The lowest BCUT2D eigenvalue weighted by atomic mass is 10.1. The summed E-state index contributed by atoms with van der Waals surface area (Å²) in [5.41, 5.74) is 0.600. The van der Waals surface area contributed by atoms with E-state index in [2.05, 4.69) is 16.7 Å². The highest BCUT2D eigenvalue weighted by molar-refractivity contribution is 5.94. The second kappa shape index (κ2) is 7.21. The number of nitrogens with zero attached hydrogens (tertiary/aromatic N) is 2. The van der Waals surface area contributed by atoms with Gasteiger partial charge in [-0.3, -0.25) is 4.79 Å². The Labute approximate surface area is 124 Å². The van der Waals surface area contributed by atoms with Crippen LogP contribution in [0.1, 0.15) is 22.3 Å². The molecule has 1 aromatic rings. The number of hydrogen-bond acceptors (Lipinski definition) is 3. The topological polar surface area (TPSA) is 43.8 Å². The van der Waals surface area contributed by atoms with Gasteiger partial charge in [-0.25, -0.2) is 4.39 Å². The van der Waals surface area contributed by atoms with Crippen LogP contribution >= 0.6 is 0 Å². The maximum absolute atomic E-state index is 14.1. The molecule has 1 saturated heterocycles. The van der Waals surface area contributed by atoms with Crippen molar-refractivity contribution < 1.29 is 14.3 Å². The molecule has 4 nitrogen and oxygen atoms in total. The van der Waals surface area contributed by atoms with Crippen LogP contribution in [0.4, 0.5) is 4.39 Å². The van der Waals surface area contributed by atoms with Crippen molar-refractivity contribution in [3.8, 4) is 11.8 Å². The summed E-state index contributed by atoms with van der Waals surface area (Å²) in [7, 11) is 2.00. The Morgan fingerprint density at radius 3 is 2.67 bits per heavy atom. The molecule has 0 spiro atoms. The molecule has 1 N–H and O–H groups in total. The highest BCUT2D eigenvalue weighted by atomic mass is 19.1. The van der Waals surface area contributed by atoms with Gasteiger partial charge < -0.3 is 14.9 Å². The predicted molar refractivity (Wildman–Crippen MR) is 78.4 cm³/mol. The number of halogens is 1. The highest BCUT2D eigenvalue weighted by Crippen LogP contribution is 2.14. The van der Waals surface area contributed by atoms with Gasteiger partial charge in [0.15, 0.2) is 0 Å². The van der Waals surface area contributed by atoms with E-state index in [0.717, 1.165) is 13.1 Å². The van der Waals surface area contributed by atoms with E-state index < -0.39 is 5.82 Å². The Morgan fingerprint density at radius 2 is 2.05 bits per heavy atom. The molecule has 21 heavy (non-hydrogen) atoms. The molecule has 0 aliphatic carbocycles.